The van der Waals surface area contributed by atoms with E-state index in [1.54, 1.807) is 0 Å². The SMILES string of the molecule is C[C@@H](C[C@@](C)(O)C(C)(C)C)Nc1ccccc1. The van der Waals surface area contributed by atoms with E-state index in [9.17, 15) is 5.11 Å². The fourth-order valence-corrected chi connectivity index (χ4v) is 1.77. The van der Waals surface area contributed by atoms with Crippen molar-refractivity contribution in [3.8, 4) is 0 Å². The van der Waals surface area contributed by atoms with Crippen LogP contribution in [0.2, 0.25) is 0 Å². The Hall–Kier alpha value is -1.02. The van der Waals surface area contributed by atoms with Crippen LogP contribution in [0.4, 0.5) is 5.69 Å². The van der Waals surface area contributed by atoms with Crippen LogP contribution >= 0.6 is 0 Å². The van der Waals surface area contributed by atoms with Crippen LogP contribution in [0.5, 0.6) is 0 Å². The van der Waals surface area contributed by atoms with Crippen molar-refractivity contribution >= 4 is 5.69 Å². The number of nitrogens with one attached hydrogen (secondary N) is 1. The van der Waals surface area contributed by atoms with Gasteiger partial charge in [-0.25, -0.2) is 0 Å². The lowest BCUT2D eigenvalue weighted by atomic mass is 9.74. The minimum absolute atomic E-state index is 0.111. The molecule has 2 N–H and O–H groups in total. The van der Waals surface area contributed by atoms with Crippen molar-refractivity contribution in [3.63, 3.8) is 0 Å². The zero-order valence-electron chi connectivity index (χ0n) is 11.6. The first-order valence-electron chi connectivity index (χ1n) is 6.26. The minimum Gasteiger partial charge on any atom is -0.390 e. The van der Waals surface area contributed by atoms with E-state index in [0.717, 1.165) is 12.1 Å². The van der Waals surface area contributed by atoms with Crippen LogP contribution in [0.25, 0.3) is 0 Å². The number of para-hydroxylation sites is 1. The number of rotatable bonds is 4. The Morgan fingerprint density at radius 2 is 1.65 bits per heavy atom. The summed E-state index contributed by atoms with van der Waals surface area (Å²) in [5.41, 5.74) is 0.318. The summed E-state index contributed by atoms with van der Waals surface area (Å²) in [7, 11) is 0. The van der Waals surface area contributed by atoms with Gasteiger partial charge in [0.15, 0.2) is 0 Å². The van der Waals surface area contributed by atoms with Gasteiger partial charge in [-0.1, -0.05) is 39.0 Å². The maximum absolute atomic E-state index is 10.5. The van der Waals surface area contributed by atoms with Gasteiger partial charge in [0.25, 0.3) is 0 Å². The van der Waals surface area contributed by atoms with E-state index in [4.69, 9.17) is 0 Å². The first kappa shape index (κ1) is 14.0. The molecule has 0 aromatic heterocycles. The molecule has 0 heterocycles. The van der Waals surface area contributed by atoms with Crippen molar-refractivity contribution in [2.24, 2.45) is 5.41 Å². The molecule has 0 saturated heterocycles. The summed E-state index contributed by atoms with van der Waals surface area (Å²) >= 11 is 0. The van der Waals surface area contributed by atoms with Crippen LogP contribution < -0.4 is 5.32 Å². The highest BCUT2D eigenvalue weighted by molar-refractivity contribution is 5.43. The third kappa shape index (κ3) is 4.04. The Kier molecular flexibility index (Phi) is 4.21. The van der Waals surface area contributed by atoms with Crippen molar-refractivity contribution < 1.29 is 5.11 Å². The number of hydrogen-bond donors (Lipinski definition) is 2. The van der Waals surface area contributed by atoms with Crippen LogP contribution in [0.1, 0.15) is 41.0 Å². The lowest BCUT2D eigenvalue weighted by Crippen LogP contribution is -2.43. The molecular weight excluding hydrogens is 210 g/mol. The molecule has 2 heteroatoms. The first-order valence-corrected chi connectivity index (χ1v) is 6.26. The molecule has 0 aliphatic heterocycles. The highest BCUT2D eigenvalue weighted by Gasteiger charge is 2.36. The van der Waals surface area contributed by atoms with Gasteiger partial charge in [0, 0.05) is 11.7 Å². The zero-order chi connectivity index (χ0) is 13.1. The second-order valence-corrected chi connectivity index (χ2v) is 6.14. The quantitative estimate of drug-likeness (QED) is 0.834. The van der Waals surface area contributed by atoms with Crippen molar-refractivity contribution in [2.75, 3.05) is 5.32 Å². The van der Waals surface area contributed by atoms with Crippen molar-refractivity contribution in [1.29, 1.82) is 0 Å². The maximum Gasteiger partial charge on any atom is 0.0687 e. The number of aliphatic hydroxyl groups is 1. The first-order chi connectivity index (χ1) is 7.72. The van der Waals surface area contributed by atoms with Gasteiger partial charge in [-0.05, 0) is 37.8 Å². The lowest BCUT2D eigenvalue weighted by Gasteiger charge is -2.39. The Labute approximate surface area is 105 Å². The molecule has 0 saturated carbocycles. The second kappa shape index (κ2) is 5.09. The van der Waals surface area contributed by atoms with Crippen LogP contribution in [0.3, 0.4) is 0 Å². The Morgan fingerprint density at radius 3 is 2.12 bits per heavy atom. The topological polar surface area (TPSA) is 32.3 Å². The summed E-state index contributed by atoms with van der Waals surface area (Å²) in [6.07, 6.45) is 0.728. The molecular formula is C15H25NO. The van der Waals surface area contributed by atoms with E-state index in [1.807, 2.05) is 37.3 Å². The molecule has 0 radical (unpaired) electrons. The summed E-state index contributed by atoms with van der Waals surface area (Å²) in [4.78, 5) is 0. The third-order valence-corrected chi connectivity index (χ3v) is 3.51. The standard InChI is InChI=1S/C15H25NO/c1-12(11-15(5,17)14(2,3)4)16-13-9-7-6-8-10-13/h6-10,12,16-17H,11H2,1-5H3/t12-,15+/m0/s1. The summed E-state index contributed by atoms with van der Waals surface area (Å²) in [5, 5.41) is 13.9. The highest BCUT2D eigenvalue weighted by Crippen LogP contribution is 2.34. The molecule has 1 rings (SSSR count). The highest BCUT2D eigenvalue weighted by atomic mass is 16.3. The lowest BCUT2D eigenvalue weighted by molar-refractivity contribution is -0.0502. The van der Waals surface area contributed by atoms with E-state index in [2.05, 4.69) is 33.0 Å². The minimum atomic E-state index is -0.672. The molecule has 2 nitrogen and oxygen atoms in total. The molecule has 1 aromatic carbocycles. The Balaban J connectivity index is 2.59. The van der Waals surface area contributed by atoms with E-state index in [-0.39, 0.29) is 11.5 Å². The smallest absolute Gasteiger partial charge is 0.0687 e. The molecule has 0 spiro atoms. The second-order valence-electron chi connectivity index (χ2n) is 6.14. The summed E-state index contributed by atoms with van der Waals surface area (Å²) in [6, 6.07) is 10.4. The maximum atomic E-state index is 10.5. The predicted octanol–water partition coefficient (Wildman–Crippen LogP) is 3.67. The normalized spacial score (nSPS) is 17.3. The van der Waals surface area contributed by atoms with Gasteiger partial charge in [0.1, 0.15) is 0 Å². The van der Waals surface area contributed by atoms with Crippen LogP contribution in [-0.4, -0.2) is 16.7 Å². The van der Waals surface area contributed by atoms with Gasteiger partial charge in [-0.3, -0.25) is 0 Å². The van der Waals surface area contributed by atoms with Crippen LogP contribution in [-0.2, 0) is 0 Å². The molecule has 0 aliphatic carbocycles. The number of benzene rings is 1. The largest absolute Gasteiger partial charge is 0.390 e. The van der Waals surface area contributed by atoms with E-state index < -0.39 is 5.60 Å². The average Bonchev–Trinajstić information content (AvgIpc) is 2.16. The zero-order valence-corrected chi connectivity index (χ0v) is 11.6. The van der Waals surface area contributed by atoms with Gasteiger partial charge < -0.3 is 10.4 Å². The van der Waals surface area contributed by atoms with Crippen molar-refractivity contribution in [2.45, 2.75) is 52.7 Å². The van der Waals surface area contributed by atoms with Crippen molar-refractivity contribution in [3.05, 3.63) is 30.3 Å². The molecule has 0 aliphatic rings. The molecule has 0 fully saturated rings. The monoisotopic (exact) mass is 235 g/mol. The van der Waals surface area contributed by atoms with E-state index >= 15 is 0 Å². The van der Waals surface area contributed by atoms with Gasteiger partial charge in [-0.15, -0.1) is 0 Å². The van der Waals surface area contributed by atoms with Crippen LogP contribution in [0, 0.1) is 5.41 Å². The fourth-order valence-electron chi connectivity index (χ4n) is 1.77. The molecule has 96 valence electrons. The van der Waals surface area contributed by atoms with Crippen molar-refractivity contribution in [1.82, 2.24) is 0 Å². The summed E-state index contributed by atoms with van der Waals surface area (Å²) in [5.74, 6) is 0. The molecule has 0 unspecified atom stereocenters. The molecule has 0 bridgehead atoms. The molecule has 17 heavy (non-hydrogen) atoms. The molecule has 0 amide bonds. The predicted molar refractivity (Wildman–Crippen MR) is 74.2 cm³/mol. The third-order valence-electron chi connectivity index (χ3n) is 3.51. The van der Waals surface area contributed by atoms with E-state index in [1.165, 1.54) is 0 Å². The van der Waals surface area contributed by atoms with Gasteiger partial charge in [0.05, 0.1) is 5.60 Å². The van der Waals surface area contributed by atoms with Gasteiger partial charge >= 0.3 is 0 Å². The van der Waals surface area contributed by atoms with Crippen LogP contribution in [0.15, 0.2) is 30.3 Å². The molecule has 2 atom stereocenters. The summed E-state index contributed by atoms with van der Waals surface area (Å²) < 4.78 is 0. The van der Waals surface area contributed by atoms with Gasteiger partial charge in [0.2, 0.25) is 0 Å². The molecule has 1 aromatic rings. The number of anilines is 1. The summed E-state index contributed by atoms with van der Waals surface area (Å²) in [6.45, 7) is 10.2. The fraction of sp³-hybridized carbons (Fsp3) is 0.600. The van der Waals surface area contributed by atoms with E-state index in [0.29, 0.717) is 0 Å². The average molecular weight is 235 g/mol. The number of hydrogen-bond acceptors (Lipinski definition) is 2. The Morgan fingerprint density at radius 1 is 1.12 bits per heavy atom. The van der Waals surface area contributed by atoms with Gasteiger partial charge in [-0.2, -0.15) is 0 Å². The Bertz CT molecular complexity index is 338.